The van der Waals surface area contributed by atoms with Crippen LogP contribution in [0.15, 0.2) is 0 Å². The zero-order valence-corrected chi connectivity index (χ0v) is 13.2. The van der Waals surface area contributed by atoms with Crippen LogP contribution in [0.5, 0.6) is 0 Å². The maximum absolute atomic E-state index is 3.50. The van der Waals surface area contributed by atoms with Crippen molar-refractivity contribution < 1.29 is 0 Å². The third-order valence-corrected chi connectivity index (χ3v) is 4.94. The van der Waals surface area contributed by atoms with Crippen molar-refractivity contribution in [3.8, 4) is 0 Å². The predicted molar refractivity (Wildman–Crippen MR) is 82.6 cm³/mol. The molecule has 0 aromatic carbocycles. The highest BCUT2D eigenvalue weighted by molar-refractivity contribution is 4.90. The molecule has 2 rings (SSSR count). The van der Waals surface area contributed by atoms with Gasteiger partial charge in [-0.25, -0.2) is 0 Å². The molecule has 2 aliphatic rings. The van der Waals surface area contributed by atoms with Gasteiger partial charge in [0.2, 0.25) is 0 Å². The van der Waals surface area contributed by atoms with E-state index in [9.17, 15) is 0 Å². The Hall–Kier alpha value is -0.120. The van der Waals surface area contributed by atoms with Gasteiger partial charge in [-0.15, -0.1) is 0 Å². The van der Waals surface area contributed by atoms with Crippen LogP contribution in [-0.4, -0.2) is 61.2 Å². The molecule has 2 bridgehead atoms. The van der Waals surface area contributed by atoms with E-state index < -0.39 is 0 Å². The van der Waals surface area contributed by atoms with Crippen LogP contribution in [0.4, 0.5) is 0 Å². The van der Waals surface area contributed by atoms with E-state index in [1.165, 1.54) is 64.7 Å². The minimum absolute atomic E-state index is 0.636. The zero-order valence-electron chi connectivity index (χ0n) is 13.2. The van der Waals surface area contributed by atoms with Gasteiger partial charge in [0.25, 0.3) is 0 Å². The van der Waals surface area contributed by atoms with Crippen LogP contribution in [0.2, 0.25) is 0 Å². The number of likely N-dealkylation sites (tertiary alicyclic amines) is 1. The lowest BCUT2D eigenvalue weighted by Crippen LogP contribution is -2.37. The van der Waals surface area contributed by atoms with Gasteiger partial charge in [0, 0.05) is 24.7 Å². The highest BCUT2D eigenvalue weighted by Gasteiger charge is 2.34. The van der Waals surface area contributed by atoms with Crippen LogP contribution in [0.25, 0.3) is 0 Å². The number of likely N-dealkylation sites (N-methyl/N-ethyl adjacent to an activating group) is 1. The first-order valence-corrected chi connectivity index (χ1v) is 8.34. The lowest BCUT2D eigenvalue weighted by Gasteiger charge is -2.25. The lowest BCUT2D eigenvalue weighted by molar-refractivity contribution is 0.216. The van der Waals surface area contributed by atoms with Crippen molar-refractivity contribution in [1.82, 2.24) is 15.1 Å². The minimum atomic E-state index is 0.636. The summed E-state index contributed by atoms with van der Waals surface area (Å²) >= 11 is 0. The van der Waals surface area contributed by atoms with Crippen LogP contribution in [-0.2, 0) is 0 Å². The molecule has 0 aliphatic carbocycles. The molecule has 1 N–H and O–H groups in total. The number of hydrogen-bond donors (Lipinski definition) is 1. The molecule has 3 nitrogen and oxygen atoms in total. The van der Waals surface area contributed by atoms with Crippen LogP contribution >= 0.6 is 0 Å². The maximum atomic E-state index is 3.50. The van der Waals surface area contributed by atoms with E-state index in [2.05, 4.69) is 36.0 Å². The van der Waals surface area contributed by atoms with Gasteiger partial charge < -0.3 is 10.2 Å². The van der Waals surface area contributed by atoms with Gasteiger partial charge in [0.05, 0.1) is 0 Å². The van der Waals surface area contributed by atoms with Gasteiger partial charge in [0.15, 0.2) is 0 Å². The summed E-state index contributed by atoms with van der Waals surface area (Å²) in [6, 6.07) is 2.36. The second-order valence-electron chi connectivity index (χ2n) is 6.81. The minimum Gasteiger partial charge on any atom is -0.315 e. The van der Waals surface area contributed by atoms with E-state index in [1.807, 2.05) is 0 Å². The van der Waals surface area contributed by atoms with E-state index in [1.54, 1.807) is 0 Å². The Labute approximate surface area is 119 Å². The number of rotatable bonds is 7. The molecular formula is C16H33N3. The molecule has 112 valence electrons. The maximum Gasteiger partial charge on any atom is 0.0223 e. The zero-order chi connectivity index (χ0) is 13.7. The second-order valence-corrected chi connectivity index (χ2v) is 6.81. The standard InChI is InChI=1S/C16H33N3/c1-14(2)17-10-5-4-6-11-19-12-9-15-7-8-16(13-19)18(15)3/h14-17H,4-13H2,1-3H3. The van der Waals surface area contributed by atoms with Crippen LogP contribution < -0.4 is 5.32 Å². The molecule has 0 amide bonds. The van der Waals surface area contributed by atoms with Gasteiger partial charge in [-0.2, -0.15) is 0 Å². The Morgan fingerprint density at radius 2 is 1.84 bits per heavy atom. The van der Waals surface area contributed by atoms with E-state index in [-0.39, 0.29) is 0 Å². The molecule has 0 aromatic rings. The summed E-state index contributed by atoms with van der Waals surface area (Å²) < 4.78 is 0. The molecule has 0 aromatic heterocycles. The first kappa shape index (κ1) is 15.3. The van der Waals surface area contributed by atoms with Crippen molar-refractivity contribution in [2.24, 2.45) is 0 Å². The van der Waals surface area contributed by atoms with Gasteiger partial charge in [0.1, 0.15) is 0 Å². The van der Waals surface area contributed by atoms with Crippen molar-refractivity contribution in [2.45, 2.75) is 70.5 Å². The smallest absolute Gasteiger partial charge is 0.0223 e. The Morgan fingerprint density at radius 3 is 2.63 bits per heavy atom. The number of nitrogens with zero attached hydrogens (tertiary/aromatic N) is 2. The monoisotopic (exact) mass is 267 g/mol. The number of unbranched alkanes of at least 4 members (excludes halogenated alkanes) is 2. The lowest BCUT2D eigenvalue weighted by atomic mass is 10.1. The summed E-state index contributed by atoms with van der Waals surface area (Å²) in [5.41, 5.74) is 0. The molecule has 2 saturated heterocycles. The Kier molecular flexibility index (Phi) is 6.11. The summed E-state index contributed by atoms with van der Waals surface area (Å²) in [5.74, 6) is 0. The Balaban J connectivity index is 1.57. The molecular weight excluding hydrogens is 234 g/mol. The highest BCUT2D eigenvalue weighted by Crippen LogP contribution is 2.28. The number of hydrogen-bond acceptors (Lipinski definition) is 3. The SMILES string of the molecule is CC(C)NCCCCCN1CCC2CCC(C1)N2C. The third kappa shape index (κ3) is 4.73. The van der Waals surface area contributed by atoms with E-state index in [0.29, 0.717) is 6.04 Å². The molecule has 0 spiro atoms. The van der Waals surface area contributed by atoms with Crippen LogP contribution in [0.3, 0.4) is 0 Å². The topological polar surface area (TPSA) is 18.5 Å². The Morgan fingerprint density at radius 1 is 1.05 bits per heavy atom. The fourth-order valence-corrected chi connectivity index (χ4v) is 3.61. The summed E-state index contributed by atoms with van der Waals surface area (Å²) in [6.45, 7) is 9.60. The van der Waals surface area contributed by atoms with Crippen LogP contribution in [0.1, 0.15) is 52.4 Å². The highest BCUT2D eigenvalue weighted by atomic mass is 15.3. The summed E-state index contributed by atoms with van der Waals surface area (Å²) in [6.07, 6.45) is 8.34. The largest absolute Gasteiger partial charge is 0.315 e. The van der Waals surface area contributed by atoms with Gasteiger partial charge in [-0.1, -0.05) is 20.3 Å². The number of nitrogens with one attached hydrogen (secondary N) is 1. The van der Waals surface area contributed by atoms with E-state index in [4.69, 9.17) is 0 Å². The molecule has 2 aliphatic heterocycles. The fourth-order valence-electron chi connectivity index (χ4n) is 3.61. The molecule has 2 heterocycles. The van der Waals surface area contributed by atoms with Gasteiger partial charge in [-0.05, 0) is 58.8 Å². The summed E-state index contributed by atoms with van der Waals surface area (Å²) in [5, 5.41) is 3.50. The average molecular weight is 267 g/mol. The molecule has 0 radical (unpaired) electrons. The molecule has 2 unspecified atom stereocenters. The Bertz CT molecular complexity index is 254. The van der Waals surface area contributed by atoms with E-state index in [0.717, 1.165) is 12.1 Å². The van der Waals surface area contributed by atoms with Gasteiger partial charge in [-0.3, -0.25) is 4.90 Å². The molecule has 3 heteroatoms. The normalized spacial score (nSPS) is 29.1. The first-order valence-electron chi connectivity index (χ1n) is 8.34. The predicted octanol–water partition coefficient (Wildman–Crippen LogP) is 2.32. The second kappa shape index (κ2) is 7.61. The fraction of sp³-hybridized carbons (Fsp3) is 1.00. The van der Waals surface area contributed by atoms with Crippen molar-refractivity contribution in [2.75, 3.05) is 33.2 Å². The third-order valence-electron chi connectivity index (χ3n) is 4.94. The molecule has 0 saturated carbocycles. The summed E-state index contributed by atoms with van der Waals surface area (Å²) in [7, 11) is 2.34. The van der Waals surface area contributed by atoms with Crippen molar-refractivity contribution in [1.29, 1.82) is 0 Å². The first-order chi connectivity index (χ1) is 9.16. The van der Waals surface area contributed by atoms with Crippen molar-refractivity contribution >= 4 is 0 Å². The van der Waals surface area contributed by atoms with E-state index >= 15 is 0 Å². The van der Waals surface area contributed by atoms with Crippen LogP contribution in [0, 0.1) is 0 Å². The molecule has 19 heavy (non-hydrogen) atoms. The number of fused-ring (bicyclic) bond motifs is 2. The average Bonchev–Trinajstić information content (AvgIpc) is 2.60. The van der Waals surface area contributed by atoms with Crippen molar-refractivity contribution in [3.05, 3.63) is 0 Å². The summed E-state index contributed by atoms with van der Waals surface area (Å²) in [4.78, 5) is 5.36. The van der Waals surface area contributed by atoms with Gasteiger partial charge >= 0.3 is 0 Å². The molecule has 2 atom stereocenters. The molecule has 2 fully saturated rings. The quantitative estimate of drug-likeness (QED) is 0.714. The van der Waals surface area contributed by atoms with Crippen molar-refractivity contribution in [3.63, 3.8) is 0 Å².